The van der Waals surface area contributed by atoms with Gasteiger partial charge in [-0.15, -0.1) is 0 Å². The third-order valence-electron chi connectivity index (χ3n) is 7.35. The molecular weight excluding hydrogens is 512 g/mol. The zero-order valence-electron chi connectivity index (χ0n) is 23.8. The SMILES string of the molecule is CCn1cc(C(CC(=O)NCCc2ccc(OC)c(OC)c2)c2cccc(Oc3ccccc3)c2)c2ccccc21. The summed E-state index contributed by atoms with van der Waals surface area (Å²) in [4.78, 5) is 13.4. The van der Waals surface area contributed by atoms with Crippen molar-refractivity contribution in [3.63, 3.8) is 0 Å². The summed E-state index contributed by atoms with van der Waals surface area (Å²) in [6.45, 7) is 3.51. The Bertz CT molecular complexity index is 1610. The molecule has 5 rings (SSSR count). The summed E-state index contributed by atoms with van der Waals surface area (Å²) in [5.74, 6) is 2.74. The predicted octanol–water partition coefficient (Wildman–Crippen LogP) is 7.35. The lowest BCUT2D eigenvalue weighted by atomic mass is 9.88. The fraction of sp³-hybridized carbons (Fsp3) is 0.229. The number of carbonyl (C=O) groups is 1. The average molecular weight is 549 g/mol. The summed E-state index contributed by atoms with van der Waals surface area (Å²) in [5, 5.41) is 4.30. The summed E-state index contributed by atoms with van der Waals surface area (Å²) in [5.41, 5.74) is 4.40. The summed E-state index contributed by atoms with van der Waals surface area (Å²) in [6.07, 6.45) is 3.20. The zero-order chi connectivity index (χ0) is 28.6. The lowest BCUT2D eigenvalue weighted by molar-refractivity contribution is -0.121. The Morgan fingerprint density at radius 1 is 0.829 bits per heavy atom. The van der Waals surface area contributed by atoms with E-state index < -0.39 is 0 Å². The minimum atomic E-state index is -0.145. The van der Waals surface area contributed by atoms with Crippen LogP contribution in [0.15, 0.2) is 103 Å². The smallest absolute Gasteiger partial charge is 0.220 e. The first-order valence-corrected chi connectivity index (χ1v) is 14.0. The molecule has 41 heavy (non-hydrogen) atoms. The Morgan fingerprint density at radius 3 is 2.37 bits per heavy atom. The van der Waals surface area contributed by atoms with Crippen LogP contribution in [0.4, 0.5) is 0 Å². The number of nitrogens with zero attached hydrogens (tertiary/aromatic N) is 1. The van der Waals surface area contributed by atoms with Crippen LogP contribution in [0, 0.1) is 0 Å². The molecule has 0 bridgehead atoms. The van der Waals surface area contributed by atoms with Crippen molar-refractivity contribution in [1.82, 2.24) is 9.88 Å². The van der Waals surface area contributed by atoms with Gasteiger partial charge in [0.15, 0.2) is 11.5 Å². The van der Waals surface area contributed by atoms with E-state index >= 15 is 0 Å². The van der Waals surface area contributed by atoms with Crippen LogP contribution < -0.4 is 19.5 Å². The van der Waals surface area contributed by atoms with Crippen molar-refractivity contribution in [2.45, 2.75) is 32.2 Å². The molecule has 210 valence electrons. The molecule has 0 saturated carbocycles. The first-order chi connectivity index (χ1) is 20.1. The third-order valence-corrected chi connectivity index (χ3v) is 7.35. The maximum absolute atomic E-state index is 13.4. The van der Waals surface area contributed by atoms with Crippen LogP contribution in [0.3, 0.4) is 0 Å². The van der Waals surface area contributed by atoms with Crippen molar-refractivity contribution in [1.29, 1.82) is 0 Å². The number of carbonyl (C=O) groups excluding carboxylic acids is 1. The maximum atomic E-state index is 13.4. The van der Waals surface area contributed by atoms with Crippen molar-refractivity contribution < 1.29 is 19.0 Å². The van der Waals surface area contributed by atoms with Crippen LogP contribution in [0.5, 0.6) is 23.0 Å². The second-order valence-electron chi connectivity index (χ2n) is 9.92. The number of nitrogens with one attached hydrogen (secondary N) is 1. The highest BCUT2D eigenvalue weighted by atomic mass is 16.5. The topological polar surface area (TPSA) is 61.7 Å². The molecule has 6 heteroatoms. The van der Waals surface area contributed by atoms with Gasteiger partial charge in [0.25, 0.3) is 0 Å². The highest BCUT2D eigenvalue weighted by Gasteiger charge is 2.23. The molecule has 1 heterocycles. The Labute approximate surface area is 241 Å². The number of amides is 1. The molecule has 1 atom stereocenters. The number of hydrogen-bond acceptors (Lipinski definition) is 4. The Kier molecular flexibility index (Phi) is 8.89. The van der Waals surface area contributed by atoms with Crippen molar-refractivity contribution in [2.24, 2.45) is 0 Å². The number of aromatic nitrogens is 1. The van der Waals surface area contributed by atoms with Crippen LogP contribution in [-0.4, -0.2) is 31.2 Å². The standard InChI is InChI=1S/C35H36N2O4/c1-4-37-24-31(29-15-8-9-16-32(29)37)30(26-11-10-14-28(22-26)41-27-12-6-5-7-13-27)23-35(38)36-20-19-25-17-18-33(39-2)34(21-25)40-3/h5-18,21-22,24,30H,4,19-20,23H2,1-3H3,(H,36,38). The predicted molar refractivity (Wildman–Crippen MR) is 163 cm³/mol. The second-order valence-corrected chi connectivity index (χ2v) is 9.92. The second kappa shape index (κ2) is 13.1. The number of para-hydroxylation sites is 2. The van der Waals surface area contributed by atoms with Crippen molar-refractivity contribution >= 4 is 16.8 Å². The van der Waals surface area contributed by atoms with E-state index in [0.29, 0.717) is 30.9 Å². The number of rotatable bonds is 12. The van der Waals surface area contributed by atoms with Crippen LogP contribution in [0.2, 0.25) is 0 Å². The Balaban J connectivity index is 1.39. The van der Waals surface area contributed by atoms with Gasteiger partial charge in [-0.2, -0.15) is 0 Å². The lowest BCUT2D eigenvalue weighted by Gasteiger charge is -2.18. The van der Waals surface area contributed by atoms with Gasteiger partial charge in [-0.3, -0.25) is 4.79 Å². The quantitative estimate of drug-likeness (QED) is 0.177. The molecular formula is C35H36N2O4. The van der Waals surface area contributed by atoms with Crippen molar-refractivity contribution in [2.75, 3.05) is 20.8 Å². The number of benzene rings is 4. The van der Waals surface area contributed by atoms with Crippen molar-refractivity contribution in [3.05, 3.63) is 120 Å². The van der Waals surface area contributed by atoms with Gasteiger partial charge in [0.2, 0.25) is 5.91 Å². The van der Waals surface area contributed by atoms with E-state index in [-0.39, 0.29) is 11.8 Å². The molecule has 1 unspecified atom stereocenters. The minimum absolute atomic E-state index is 0.00168. The fourth-order valence-electron chi connectivity index (χ4n) is 5.28. The fourth-order valence-corrected chi connectivity index (χ4v) is 5.28. The maximum Gasteiger partial charge on any atom is 0.220 e. The van der Waals surface area contributed by atoms with E-state index in [1.807, 2.05) is 66.7 Å². The summed E-state index contributed by atoms with van der Waals surface area (Å²) in [7, 11) is 3.24. The van der Waals surface area contributed by atoms with Crippen LogP contribution in [0.25, 0.3) is 10.9 Å². The van der Waals surface area contributed by atoms with E-state index in [2.05, 4.69) is 53.3 Å². The van der Waals surface area contributed by atoms with Gasteiger partial charge in [0.05, 0.1) is 14.2 Å². The molecule has 0 aliphatic heterocycles. The zero-order valence-corrected chi connectivity index (χ0v) is 23.8. The molecule has 0 aliphatic carbocycles. The molecule has 1 N–H and O–H groups in total. The summed E-state index contributed by atoms with van der Waals surface area (Å²) in [6, 6.07) is 32.0. The van der Waals surface area contributed by atoms with Crippen LogP contribution >= 0.6 is 0 Å². The molecule has 1 amide bonds. The van der Waals surface area contributed by atoms with Gasteiger partial charge in [0, 0.05) is 42.5 Å². The Morgan fingerprint density at radius 2 is 1.59 bits per heavy atom. The molecule has 0 aliphatic rings. The number of aryl methyl sites for hydroxylation is 1. The number of fused-ring (bicyclic) bond motifs is 1. The van der Waals surface area contributed by atoms with Gasteiger partial charge < -0.3 is 24.1 Å². The van der Waals surface area contributed by atoms with Crippen LogP contribution in [0.1, 0.15) is 36.0 Å². The van der Waals surface area contributed by atoms with Crippen LogP contribution in [-0.2, 0) is 17.8 Å². The van der Waals surface area contributed by atoms with E-state index in [1.165, 1.54) is 5.52 Å². The third kappa shape index (κ3) is 6.55. The summed E-state index contributed by atoms with van der Waals surface area (Å²) < 4.78 is 19.2. The number of ether oxygens (including phenoxy) is 3. The monoisotopic (exact) mass is 548 g/mol. The van der Waals surface area contributed by atoms with E-state index in [4.69, 9.17) is 14.2 Å². The Hall–Kier alpha value is -4.71. The highest BCUT2D eigenvalue weighted by Crippen LogP contribution is 2.36. The van der Waals surface area contributed by atoms with Gasteiger partial charge in [-0.25, -0.2) is 0 Å². The average Bonchev–Trinajstić information content (AvgIpc) is 3.39. The van der Waals surface area contributed by atoms with Gasteiger partial charge in [-0.1, -0.05) is 54.6 Å². The van der Waals surface area contributed by atoms with Gasteiger partial charge in [-0.05, 0) is 72.5 Å². The van der Waals surface area contributed by atoms with Crippen molar-refractivity contribution in [3.8, 4) is 23.0 Å². The molecule has 6 nitrogen and oxygen atoms in total. The van der Waals surface area contributed by atoms with E-state index in [1.54, 1.807) is 14.2 Å². The molecule has 5 aromatic rings. The number of methoxy groups -OCH3 is 2. The minimum Gasteiger partial charge on any atom is -0.493 e. The largest absolute Gasteiger partial charge is 0.493 e. The molecule has 0 spiro atoms. The van der Waals surface area contributed by atoms with E-state index in [9.17, 15) is 4.79 Å². The van der Waals surface area contributed by atoms with Gasteiger partial charge >= 0.3 is 0 Å². The molecule has 4 aromatic carbocycles. The molecule has 1 aromatic heterocycles. The number of hydrogen-bond donors (Lipinski definition) is 1. The molecule has 0 fully saturated rings. The normalized spacial score (nSPS) is 11.7. The van der Waals surface area contributed by atoms with Gasteiger partial charge in [0.1, 0.15) is 11.5 Å². The first kappa shape index (κ1) is 27.8. The van der Waals surface area contributed by atoms with E-state index in [0.717, 1.165) is 40.1 Å². The summed E-state index contributed by atoms with van der Waals surface area (Å²) >= 11 is 0. The highest BCUT2D eigenvalue weighted by molar-refractivity contribution is 5.86. The molecule has 0 radical (unpaired) electrons. The lowest BCUT2D eigenvalue weighted by Crippen LogP contribution is -2.27. The first-order valence-electron chi connectivity index (χ1n) is 14.0. The molecule has 0 saturated heterocycles.